The molecule has 0 spiro atoms. The Morgan fingerprint density at radius 2 is 2.33 bits per heavy atom. The highest BCUT2D eigenvalue weighted by Gasteiger charge is 2.41. The second kappa shape index (κ2) is 4.78. The number of methoxy groups -OCH3 is 1. The lowest BCUT2D eigenvalue weighted by molar-refractivity contribution is 0.183. The Labute approximate surface area is 92.1 Å². The standard InChI is InChI=1S/C11H23N3O/c1-15-7-5-13-11(8-12)4-6-14(9-11)10-2-3-10/h10,13H,2-9,12H2,1H3. The Hall–Kier alpha value is -0.160. The fourth-order valence-corrected chi connectivity index (χ4v) is 2.46. The molecule has 4 heteroatoms. The van der Waals surface area contributed by atoms with Crippen LogP contribution in [0, 0.1) is 0 Å². The van der Waals surface area contributed by atoms with Crippen LogP contribution in [0.1, 0.15) is 19.3 Å². The van der Waals surface area contributed by atoms with Gasteiger partial charge >= 0.3 is 0 Å². The highest BCUT2D eigenvalue weighted by molar-refractivity contribution is 5.02. The first-order valence-electron chi connectivity index (χ1n) is 5.98. The molecule has 0 radical (unpaired) electrons. The maximum absolute atomic E-state index is 5.90. The molecule has 15 heavy (non-hydrogen) atoms. The number of hydrogen-bond acceptors (Lipinski definition) is 4. The first kappa shape index (κ1) is 11.3. The third kappa shape index (κ3) is 2.69. The van der Waals surface area contributed by atoms with Gasteiger partial charge in [0.15, 0.2) is 0 Å². The molecule has 1 unspecified atom stereocenters. The van der Waals surface area contributed by atoms with Crippen LogP contribution in [0.15, 0.2) is 0 Å². The van der Waals surface area contributed by atoms with Gasteiger partial charge in [0.05, 0.1) is 6.61 Å². The molecule has 0 amide bonds. The molecule has 2 fully saturated rings. The lowest BCUT2D eigenvalue weighted by atomic mass is 9.99. The summed E-state index contributed by atoms with van der Waals surface area (Å²) in [6.07, 6.45) is 3.96. The zero-order valence-corrected chi connectivity index (χ0v) is 9.67. The van der Waals surface area contributed by atoms with Crippen LogP contribution < -0.4 is 11.1 Å². The summed E-state index contributed by atoms with van der Waals surface area (Å²) in [4.78, 5) is 2.59. The van der Waals surface area contributed by atoms with E-state index >= 15 is 0 Å². The van der Waals surface area contributed by atoms with Gasteiger partial charge in [-0.15, -0.1) is 0 Å². The molecule has 1 heterocycles. The molecular formula is C11H23N3O. The smallest absolute Gasteiger partial charge is 0.0587 e. The predicted molar refractivity (Wildman–Crippen MR) is 60.9 cm³/mol. The predicted octanol–water partition coefficient (Wildman–Crippen LogP) is -0.212. The molecular weight excluding hydrogens is 190 g/mol. The van der Waals surface area contributed by atoms with Gasteiger partial charge in [0.2, 0.25) is 0 Å². The monoisotopic (exact) mass is 213 g/mol. The normalized spacial score (nSPS) is 32.4. The zero-order valence-electron chi connectivity index (χ0n) is 9.67. The lowest BCUT2D eigenvalue weighted by Crippen LogP contribution is -2.54. The van der Waals surface area contributed by atoms with E-state index in [1.807, 2.05) is 0 Å². The minimum Gasteiger partial charge on any atom is -0.383 e. The van der Waals surface area contributed by atoms with Crippen LogP contribution in [0.4, 0.5) is 0 Å². The number of nitrogens with zero attached hydrogens (tertiary/aromatic N) is 1. The van der Waals surface area contributed by atoms with Crippen molar-refractivity contribution in [3.63, 3.8) is 0 Å². The van der Waals surface area contributed by atoms with Crippen LogP contribution in [0.3, 0.4) is 0 Å². The second-order valence-electron chi connectivity index (χ2n) is 4.86. The molecule has 2 rings (SSSR count). The van der Waals surface area contributed by atoms with E-state index in [0.29, 0.717) is 0 Å². The van der Waals surface area contributed by atoms with Gasteiger partial charge in [-0.25, -0.2) is 0 Å². The molecule has 0 aromatic rings. The molecule has 1 saturated carbocycles. The molecule has 1 aliphatic carbocycles. The van der Waals surface area contributed by atoms with E-state index in [2.05, 4.69) is 10.2 Å². The van der Waals surface area contributed by atoms with E-state index in [9.17, 15) is 0 Å². The summed E-state index contributed by atoms with van der Waals surface area (Å²) in [5.74, 6) is 0. The molecule has 0 aromatic carbocycles. The molecule has 0 bridgehead atoms. The summed E-state index contributed by atoms with van der Waals surface area (Å²) < 4.78 is 5.06. The van der Waals surface area contributed by atoms with Crippen molar-refractivity contribution in [2.24, 2.45) is 5.73 Å². The zero-order chi connectivity index (χ0) is 10.7. The molecule has 1 atom stereocenters. The summed E-state index contributed by atoms with van der Waals surface area (Å²) in [5, 5.41) is 3.57. The SMILES string of the molecule is COCCNC1(CN)CCN(C2CC2)C1. The quantitative estimate of drug-likeness (QED) is 0.599. The van der Waals surface area contributed by atoms with Crippen LogP contribution in [-0.4, -0.2) is 56.4 Å². The molecule has 4 nitrogen and oxygen atoms in total. The maximum Gasteiger partial charge on any atom is 0.0587 e. The Morgan fingerprint density at radius 3 is 2.93 bits per heavy atom. The van der Waals surface area contributed by atoms with Crippen LogP contribution in [0.25, 0.3) is 0 Å². The number of nitrogens with one attached hydrogen (secondary N) is 1. The van der Waals surface area contributed by atoms with Crippen LogP contribution in [0.5, 0.6) is 0 Å². The van der Waals surface area contributed by atoms with E-state index in [-0.39, 0.29) is 5.54 Å². The first-order valence-corrected chi connectivity index (χ1v) is 5.98. The summed E-state index contributed by atoms with van der Waals surface area (Å²) >= 11 is 0. The second-order valence-corrected chi connectivity index (χ2v) is 4.86. The van der Waals surface area contributed by atoms with Gasteiger partial charge < -0.3 is 15.8 Å². The van der Waals surface area contributed by atoms with Crippen molar-refractivity contribution in [2.45, 2.75) is 30.8 Å². The van der Waals surface area contributed by atoms with E-state index in [4.69, 9.17) is 10.5 Å². The molecule has 3 N–H and O–H groups in total. The first-order chi connectivity index (χ1) is 7.29. The Balaban J connectivity index is 1.80. The number of rotatable bonds is 6. The molecule has 1 aliphatic heterocycles. The fraction of sp³-hybridized carbons (Fsp3) is 1.00. The number of ether oxygens (including phenoxy) is 1. The summed E-state index contributed by atoms with van der Waals surface area (Å²) in [7, 11) is 1.74. The molecule has 88 valence electrons. The Morgan fingerprint density at radius 1 is 1.53 bits per heavy atom. The average molecular weight is 213 g/mol. The summed E-state index contributed by atoms with van der Waals surface area (Å²) in [6.45, 7) is 4.75. The fourth-order valence-electron chi connectivity index (χ4n) is 2.46. The lowest BCUT2D eigenvalue weighted by Gasteiger charge is -2.29. The number of likely N-dealkylation sites (tertiary alicyclic amines) is 1. The number of nitrogens with two attached hydrogens (primary N) is 1. The highest BCUT2D eigenvalue weighted by atomic mass is 16.5. The Bertz CT molecular complexity index is 208. The molecule has 1 saturated heterocycles. The highest BCUT2D eigenvalue weighted by Crippen LogP contribution is 2.32. The van der Waals surface area contributed by atoms with Gasteiger partial charge in [0, 0.05) is 44.9 Å². The van der Waals surface area contributed by atoms with Gasteiger partial charge in [-0.1, -0.05) is 0 Å². The van der Waals surface area contributed by atoms with Gasteiger partial charge in [-0.05, 0) is 19.3 Å². The largest absolute Gasteiger partial charge is 0.383 e. The van der Waals surface area contributed by atoms with Crippen molar-refractivity contribution in [1.29, 1.82) is 0 Å². The van der Waals surface area contributed by atoms with Crippen LogP contribution in [-0.2, 0) is 4.74 Å². The van der Waals surface area contributed by atoms with Crippen molar-refractivity contribution < 1.29 is 4.74 Å². The minimum absolute atomic E-state index is 0.154. The maximum atomic E-state index is 5.90. The van der Waals surface area contributed by atoms with Gasteiger partial charge in [-0.3, -0.25) is 4.90 Å². The van der Waals surface area contributed by atoms with E-state index in [0.717, 1.165) is 32.3 Å². The van der Waals surface area contributed by atoms with Crippen molar-refractivity contribution in [1.82, 2.24) is 10.2 Å². The topological polar surface area (TPSA) is 50.5 Å². The third-order valence-corrected chi connectivity index (χ3v) is 3.64. The molecule has 0 aromatic heterocycles. The van der Waals surface area contributed by atoms with Crippen molar-refractivity contribution >= 4 is 0 Å². The van der Waals surface area contributed by atoms with E-state index in [1.54, 1.807) is 7.11 Å². The van der Waals surface area contributed by atoms with Gasteiger partial charge in [0.1, 0.15) is 0 Å². The summed E-state index contributed by atoms with van der Waals surface area (Å²) in [5.41, 5.74) is 6.06. The average Bonchev–Trinajstić information content (AvgIpc) is 3.02. The van der Waals surface area contributed by atoms with Gasteiger partial charge in [0.25, 0.3) is 0 Å². The molecule has 2 aliphatic rings. The van der Waals surface area contributed by atoms with Crippen molar-refractivity contribution in [3.8, 4) is 0 Å². The van der Waals surface area contributed by atoms with Crippen LogP contribution >= 0.6 is 0 Å². The van der Waals surface area contributed by atoms with E-state index in [1.165, 1.54) is 25.8 Å². The minimum atomic E-state index is 0.154. The number of hydrogen-bond donors (Lipinski definition) is 2. The summed E-state index contributed by atoms with van der Waals surface area (Å²) in [6, 6.07) is 0.864. The third-order valence-electron chi connectivity index (χ3n) is 3.64. The van der Waals surface area contributed by atoms with E-state index < -0.39 is 0 Å². The van der Waals surface area contributed by atoms with Crippen LogP contribution in [0.2, 0.25) is 0 Å². The van der Waals surface area contributed by atoms with Crippen molar-refractivity contribution in [3.05, 3.63) is 0 Å². The van der Waals surface area contributed by atoms with Crippen molar-refractivity contribution in [2.75, 3.05) is 39.9 Å². The Kier molecular flexibility index (Phi) is 3.61. The van der Waals surface area contributed by atoms with Gasteiger partial charge in [-0.2, -0.15) is 0 Å².